The van der Waals surface area contributed by atoms with Crippen LogP contribution in [-0.4, -0.2) is 63.1 Å². The first-order chi connectivity index (χ1) is 11.1. The fourth-order valence-electron chi connectivity index (χ4n) is 2.55. The summed E-state index contributed by atoms with van der Waals surface area (Å²) in [5.41, 5.74) is 2.03. The van der Waals surface area contributed by atoms with Gasteiger partial charge in [0.1, 0.15) is 5.69 Å². The molecule has 0 saturated carbocycles. The van der Waals surface area contributed by atoms with Crippen molar-refractivity contribution in [2.45, 2.75) is 20.3 Å². The Morgan fingerprint density at radius 1 is 1.17 bits per heavy atom. The first-order valence-electron chi connectivity index (χ1n) is 7.64. The van der Waals surface area contributed by atoms with Crippen LogP contribution < -0.4 is 0 Å². The summed E-state index contributed by atoms with van der Waals surface area (Å²) in [5.74, 6) is -0.0588. The molecule has 1 fully saturated rings. The molecule has 0 bridgehead atoms. The van der Waals surface area contributed by atoms with Gasteiger partial charge < -0.3 is 14.3 Å². The van der Waals surface area contributed by atoms with E-state index < -0.39 is 0 Å². The van der Waals surface area contributed by atoms with Crippen molar-refractivity contribution < 1.29 is 14.1 Å². The van der Waals surface area contributed by atoms with E-state index in [0.29, 0.717) is 37.6 Å². The van der Waals surface area contributed by atoms with Gasteiger partial charge in [0, 0.05) is 37.9 Å². The van der Waals surface area contributed by atoms with E-state index in [1.165, 1.54) is 0 Å². The van der Waals surface area contributed by atoms with Gasteiger partial charge in [0.25, 0.3) is 11.8 Å². The number of hydrogen-bond acceptors (Lipinski definition) is 5. The zero-order valence-corrected chi connectivity index (χ0v) is 13.2. The van der Waals surface area contributed by atoms with Gasteiger partial charge in [-0.1, -0.05) is 12.1 Å². The van der Waals surface area contributed by atoms with Crippen molar-refractivity contribution in [2.24, 2.45) is 0 Å². The Bertz CT molecular complexity index is 712. The number of carbonyl (C=O) groups excluding carboxylic acids is 2. The summed E-state index contributed by atoms with van der Waals surface area (Å²) in [4.78, 5) is 28.0. The van der Waals surface area contributed by atoms with Crippen LogP contribution in [0.25, 0.3) is 0 Å². The van der Waals surface area contributed by atoms with Gasteiger partial charge in [-0.25, -0.2) is 0 Å². The maximum atomic E-state index is 12.4. The van der Waals surface area contributed by atoms with Crippen LogP contribution in [0, 0.1) is 6.92 Å². The van der Waals surface area contributed by atoms with Crippen molar-refractivity contribution in [3.8, 4) is 0 Å². The topological polar surface area (TPSA) is 95.3 Å². The molecule has 3 rings (SSSR count). The molecule has 1 aliphatic heterocycles. The zero-order valence-electron chi connectivity index (χ0n) is 13.2. The summed E-state index contributed by atoms with van der Waals surface area (Å²) in [6.45, 7) is 5.66. The molecular formula is C15H19N5O3. The highest BCUT2D eigenvalue weighted by molar-refractivity contribution is 5.93. The number of aryl methyl sites for hydroxylation is 2. The predicted octanol–water partition coefficient (Wildman–Crippen LogP) is 0.867. The summed E-state index contributed by atoms with van der Waals surface area (Å²) in [5, 5.41) is 10.6. The normalized spacial score (nSPS) is 15.0. The van der Waals surface area contributed by atoms with Crippen molar-refractivity contribution in [1.82, 2.24) is 25.2 Å². The van der Waals surface area contributed by atoms with E-state index in [-0.39, 0.29) is 17.6 Å². The average Bonchev–Trinajstić information content (AvgIpc) is 3.22. The van der Waals surface area contributed by atoms with Crippen LogP contribution in [0.2, 0.25) is 0 Å². The highest BCUT2D eigenvalue weighted by Crippen LogP contribution is 2.12. The van der Waals surface area contributed by atoms with Crippen LogP contribution in [-0.2, 0) is 6.42 Å². The number of rotatable bonds is 3. The second-order valence-corrected chi connectivity index (χ2v) is 5.55. The van der Waals surface area contributed by atoms with Gasteiger partial charge in [-0.05, 0) is 19.4 Å². The zero-order chi connectivity index (χ0) is 16.4. The minimum Gasteiger partial charge on any atom is -0.351 e. The molecular weight excluding hydrogens is 298 g/mol. The third-order valence-electron chi connectivity index (χ3n) is 3.92. The monoisotopic (exact) mass is 317 g/mol. The number of carbonyl (C=O) groups is 2. The fraction of sp³-hybridized carbons (Fsp3) is 0.467. The lowest BCUT2D eigenvalue weighted by atomic mass is 10.2. The Kier molecular flexibility index (Phi) is 4.14. The van der Waals surface area contributed by atoms with Gasteiger partial charge in [-0.3, -0.25) is 14.7 Å². The van der Waals surface area contributed by atoms with Crippen molar-refractivity contribution in [2.75, 3.05) is 26.2 Å². The van der Waals surface area contributed by atoms with Crippen LogP contribution in [0.1, 0.15) is 39.4 Å². The predicted molar refractivity (Wildman–Crippen MR) is 81.0 cm³/mol. The molecule has 122 valence electrons. The SMILES string of the molecule is CCc1cc(C(=O)N2CCN(C(=O)c3cc(C)no3)CC2)n[nH]1. The first-order valence-corrected chi connectivity index (χ1v) is 7.64. The quantitative estimate of drug-likeness (QED) is 0.906. The molecule has 0 aromatic carbocycles. The van der Waals surface area contributed by atoms with Crippen LogP contribution in [0.4, 0.5) is 0 Å². The van der Waals surface area contributed by atoms with Crippen LogP contribution in [0.3, 0.4) is 0 Å². The minimum absolute atomic E-state index is 0.108. The number of H-pyrrole nitrogens is 1. The molecule has 1 aliphatic rings. The summed E-state index contributed by atoms with van der Waals surface area (Å²) in [7, 11) is 0. The van der Waals surface area contributed by atoms with Crippen molar-refractivity contribution >= 4 is 11.8 Å². The maximum Gasteiger partial charge on any atom is 0.292 e. The lowest BCUT2D eigenvalue weighted by molar-refractivity contribution is 0.0510. The fourth-order valence-corrected chi connectivity index (χ4v) is 2.55. The Morgan fingerprint density at radius 2 is 1.83 bits per heavy atom. The van der Waals surface area contributed by atoms with Gasteiger partial charge in [0.15, 0.2) is 0 Å². The van der Waals surface area contributed by atoms with E-state index >= 15 is 0 Å². The van der Waals surface area contributed by atoms with E-state index in [1.54, 1.807) is 28.9 Å². The van der Waals surface area contributed by atoms with Gasteiger partial charge >= 0.3 is 0 Å². The lowest BCUT2D eigenvalue weighted by Gasteiger charge is -2.33. The summed E-state index contributed by atoms with van der Waals surface area (Å²) < 4.78 is 5.00. The molecule has 1 N–H and O–H groups in total. The van der Waals surface area contributed by atoms with Gasteiger partial charge in [-0.15, -0.1) is 0 Å². The summed E-state index contributed by atoms with van der Waals surface area (Å²) in [6.07, 6.45) is 0.805. The highest BCUT2D eigenvalue weighted by atomic mass is 16.5. The van der Waals surface area contributed by atoms with E-state index in [1.807, 2.05) is 6.92 Å². The Hall–Kier alpha value is -2.64. The van der Waals surface area contributed by atoms with E-state index in [2.05, 4.69) is 15.4 Å². The third kappa shape index (κ3) is 3.10. The van der Waals surface area contributed by atoms with Crippen LogP contribution in [0.15, 0.2) is 16.7 Å². The minimum atomic E-state index is -0.189. The van der Waals surface area contributed by atoms with Crippen molar-refractivity contribution in [1.29, 1.82) is 0 Å². The molecule has 23 heavy (non-hydrogen) atoms. The van der Waals surface area contributed by atoms with Gasteiger partial charge in [-0.2, -0.15) is 5.10 Å². The van der Waals surface area contributed by atoms with Crippen molar-refractivity contribution in [3.05, 3.63) is 35.0 Å². The molecule has 1 saturated heterocycles. The molecule has 0 radical (unpaired) electrons. The second-order valence-electron chi connectivity index (χ2n) is 5.55. The number of aromatic nitrogens is 3. The smallest absolute Gasteiger partial charge is 0.292 e. The Morgan fingerprint density at radius 3 is 2.35 bits per heavy atom. The van der Waals surface area contributed by atoms with Crippen LogP contribution >= 0.6 is 0 Å². The van der Waals surface area contributed by atoms with Gasteiger partial charge in [0.2, 0.25) is 5.76 Å². The second kappa shape index (κ2) is 6.23. The van der Waals surface area contributed by atoms with Crippen LogP contribution in [0.5, 0.6) is 0 Å². The molecule has 0 spiro atoms. The van der Waals surface area contributed by atoms with E-state index in [4.69, 9.17) is 4.52 Å². The lowest BCUT2D eigenvalue weighted by Crippen LogP contribution is -2.50. The molecule has 2 aromatic rings. The Labute approximate surface area is 133 Å². The summed E-state index contributed by atoms with van der Waals surface area (Å²) >= 11 is 0. The maximum absolute atomic E-state index is 12.4. The first kappa shape index (κ1) is 15.3. The number of hydrogen-bond donors (Lipinski definition) is 1. The molecule has 3 heterocycles. The van der Waals surface area contributed by atoms with Crippen molar-refractivity contribution in [3.63, 3.8) is 0 Å². The van der Waals surface area contributed by atoms with E-state index in [0.717, 1.165) is 12.1 Å². The Balaban J connectivity index is 1.59. The summed E-state index contributed by atoms with van der Waals surface area (Å²) in [6, 6.07) is 3.40. The van der Waals surface area contributed by atoms with E-state index in [9.17, 15) is 9.59 Å². The average molecular weight is 317 g/mol. The molecule has 8 nitrogen and oxygen atoms in total. The molecule has 0 unspecified atom stereocenters. The molecule has 2 amide bonds. The molecule has 0 aliphatic carbocycles. The number of nitrogens with one attached hydrogen (secondary N) is 1. The standard InChI is InChI=1S/C15H19N5O3/c1-3-11-9-12(17-16-11)14(21)19-4-6-20(7-5-19)15(22)13-8-10(2)18-23-13/h8-9H,3-7H2,1-2H3,(H,16,17). The van der Waals surface area contributed by atoms with Gasteiger partial charge in [0.05, 0.1) is 5.69 Å². The number of piperazine rings is 1. The molecule has 8 heteroatoms. The largest absolute Gasteiger partial charge is 0.351 e. The molecule has 2 aromatic heterocycles. The number of amides is 2. The third-order valence-corrected chi connectivity index (χ3v) is 3.92. The molecule has 0 atom stereocenters. The number of aromatic amines is 1. The highest BCUT2D eigenvalue weighted by Gasteiger charge is 2.28. The number of nitrogens with zero attached hydrogens (tertiary/aromatic N) is 4.